The second-order valence-corrected chi connectivity index (χ2v) is 9.76. The van der Waals surface area contributed by atoms with Gasteiger partial charge in [-0.2, -0.15) is 5.10 Å². The van der Waals surface area contributed by atoms with Gasteiger partial charge in [-0.05, 0) is 42.8 Å². The van der Waals surface area contributed by atoms with Gasteiger partial charge in [0.15, 0.2) is 15.7 Å². The van der Waals surface area contributed by atoms with Crippen LogP contribution in [0.3, 0.4) is 0 Å². The Bertz CT molecular complexity index is 1390. The maximum atomic E-state index is 12.0. The van der Waals surface area contributed by atoms with Gasteiger partial charge in [0.05, 0.1) is 29.8 Å². The molecule has 5 rings (SSSR count). The van der Waals surface area contributed by atoms with Crippen LogP contribution in [0.5, 0.6) is 0 Å². The van der Waals surface area contributed by atoms with Crippen molar-refractivity contribution < 1.29 is 13.2 Å². The van der Waals surface area contributed by atoms with Crippen LogP contribution in [0.1, 0.15) is 5.56 Å². The first-order valence-corrected chi connectivity index (χ1v) is 12.0. The Balaban J connectivity index is 1.59. The molecule has 2 N–H and O–H groups in total. The van der Waals surface area contributed by atoms with Gasteiger partial charge in [-0.3, -0.25) is 5.10 Å². The largest absolute Gasteiger partial charge is 0.378 e. The van der Waals surface area contributed by atoms with Crippen LogP contribution >= 0.6 is 0 Å². The summed E-state index contributed by atoms with van der Waals surface area (Å²) in [4.78, 5) is 7.36. The van der Waals surface area contributed by atoms with Crippen molar-refractivity contribution in [3.8, 4) is 0 Å². The standard InChI is InChI=1S/C22H23N5O3S/c1-14-18(4-3-5-20(14)27-8-10-30-11-9-27)24-22-21-17(13-23-26-21)16-12-15(31(2,28)29)6-7-19(16)25-22/h3-7,12-13H,8-11H2,1-2H3,(H,23,26)(H,24,25). The van der Waals surface area contributed by atoms with E-state index < -0.39 is 9.84 Å². The SMILES string of the molecule is Cc1c(Nc2nc3ccc(S(C)(=O)=O)cc3c3cn[nH]c23)cccc1N1CCOCC1. The number of benzene rings is 2. The molecule has 0 atom stereocenters. The molecule has 0 amide bonds. The molecule has 8 nitrogen and oxygen atoms in total. The van der Waals surface area contributed by atoms with Crippen molar-refractivity contribution >= 4 is 48.8 Å². The number of hydrogen-bond donors (Lipinski definition) is 2. The lowest BCUT2D eigenvalue weighted by Gasteiger charge is -2.30. The van der Waals surface area contributed by atoms with Gasteiger partial charge in [-0.15, -0.1) is 0 Å². The topological polar surface area (TPSA) is 100 Å². The molecular weight excluding hydrogens is 414 g/mol. The summed E-state index contributed by atoms with van der Waals surface area (Å²) in [6, 6.07) is 11.2. The maximum absolute atomic E-state index is 12.0. The molecule has 3 heterocycles. The summed E-state index contributed by atoms with van der Waals surface area (Å²) in [7, 11) is -3.31. The number of hydrogen-bond acceptors (Lipinski definition) is 7. The van der Waals surface area contributed by atoms with Crippen molar-refractivity contribution in [1.82, 2.24) is 15.2 Å². The van der Waals surface area contributed by atoms with Gasteiger partial charge in [0.2, 0.25) is 0 Å². The zero-order valence-corrected chi connectivity index (χ0v) is 18.2. The molecule has 1 fully saturated rings. The molecular formula is C22H23N5O3S. The third-order valence-corrected chi connectivity index (χ3v) is 6.82. The van der Waals surface area contributed by atoms with Crippen molar-refractivity contribution in [2.45, 2.75) is 11.8 Å². The normalized spacial score (nSPS) is 15.0. The number of nitrogens with zero attached hydrogens (tertiary/aromatic N) is 3. The number of pyridine rings is 1. The molecule has 0 saturated carbocycles. The Hall–Kier alpha value is -3.17. The Kier molecular flexibility index (Phi) is 4.79. The Morgan fingerprint density at radius 3 is 2.71 bits per heavy atom. The second-order valence-electron chi connectivity index (χ2n) is 7.74. The molecule has 1 saturated heterocycles. The highest BCUT2D eigenvalue weighted by Crippen LogP contribution is 2.34. The van der Waals surface area contributed by atoms with Gasteiger partial charge in [-0.25, -0.2) is 13.4 Å². The van der Waals surface area contributed by atoms with E-state index in [0.717, 1.165) is 53.8 Å². The number of sulfone groups is 1. The predicted molar refractivity (Wildman–Crippen MR) is 122 cm³/mol. The van der Waals surface area contributed by atoms with Crippen molar-refractivity contribution in [1.29, 1.82) is 0 Å². The molecule has 0 unspecified atom stereocenters. The third-order valence-electron chi connectivity index (χ3n) is 5.70. The number of aromatic nitrogens is 3. The number of H-pyrrole nitrogens is 1. The molecule has 0 spiro atoms. The van der Waals surface area contributed by atoms with Gasteiger partial charge in [0.25, 0.3) is 0 Å². The average molecular weight is 438 g/mol. The van der Waals surface area contributed by atoms with Crippen LogP contribution in [0, 0.1) is 6.92 Å². The minimum atomic E-state index is -3.31. The zero-order valence-electron chi connectivity index (χ0n) is 17.3. The summed E-state index contributed by atoms with van der Waals surface area (Å²) in [5.74, 6) is 0.648. The number of fused-ring (bicyclic) bond motifs is 3. The fraction of sp³-hybridized carbons (Fsp3) is 0.273. The van der Waals surface area contributed by atoms with E-state index in [9.17, 15) is 8.42 Å². The van der Waals surface area contributed by atoms with Crippen molar-refractivity contribution in [3.05, 3.63) is 48.2 Å². The van der Waals surface area contributed by atoms with E-state index in [1.165, 1.54) is 11.9 Å². The van der Waals surface area contributed by atoms with E-state index in [1.54, 1.807) is 24.4 Å². The third kappa shape index (κ3) is 3.60. The van der Waals surface area contributed by atoms with Gasteiger partial charge < -0.3 is 15.0 Å². The molecule has 160 valence electrons. The number of anilines is 3. The lowest BCUT2D eigenvalue weighted by Crippen LogP contribution is -2.36. The summed E-state index contributed by atoms with van der Waals surface area (Å²) >= 11 is 0. The highest BCUT2D eigenvalue weighted by atomic mass is 32.2. The fourth-order valence-corrected chi connectivity index (χ4v) is 4.68. The summed E-state index contributed by atoms with van der Waals surface area (Å²) in [5, 5.41) is 12.2. The quantitative estimate of drug-likeness (QED) is 0.505. The van der Waals surface area contributed by atoms with E-state index in [1.807, 2.05) is 12.1 Å². The van der Waals surface area contributed by atoms with Crippen LogP contribution in [0.25, 0.3) is 21.8 Å². The molecule has 2 aromatic heterocycles. The minimum absolute atomic E-state index is 0.263. The summed E-state index contributed by atoms with van der Waals surface area (Å²) in [6.07, 6.45) is 2.90. The number of ether oxygens (including phenoxy) is 1. The van der Waals surface area contributed by atoms with Gasteiger partial charge in [0.1, 0.15) is 5.52 Å². The smallest absolute Gasteiger partial charge is 0.175 e. The van der Waals surface area contributed by atoms with Gasteiger partial charge >= 0.3 is 0 Å². The Morgan fingerprint density at radius 2 is 1.94 bits per heavy atom. The molecule has 9 heteroatoms. The van der Waals surface area contributed by atoms with E-state index in [-0.39, 0.29) is 4.90 Å². The zero-order chi connectivity index (χ0) is 21.6. The van der Waals surface area contributed by atoms with Crippen LogP contribution in [0.4, 0.5) is 17.2 Å². The van der Waals surface area contributed by atoms with Crippen LogP contribution in [-0.4, -0.2) is 56.2 Å². The fourth-order valence-electron chi connectivity index (χ4n) is 4.03. The molecule has 0 radical (unpaired) electrons. The van der Waals surface area contributed by atoms with Crippen molar-refractivity contribution in [2.24, 2.45) is 0 Å². The molecule has 31 heavy (non-hydrogen) atoms. The molecule has 0 aliphatic carbocycles. The van der Waals surface area contributed by atoms with Crippen molar-refractivity contribution in [3.63, 3.8) is 0 Å². The monoisotopic (exact) mass is 437 g/mol. The van der Waals surface area contributed by atoms with E-state index in [4.69, 9.17) is 9.72 Å². The summed E-state index contributed by atoms with van der Waals surface area (Å²) < 4.78 is 29.5. The molecule has 1 aliphatic rings. The number of nitrogens with one attached hydrogen (secondary N) is 2. The summed E-state index contributed by atoms with van der Waals surface area (Å²) in [6.45, 7) is 5.29. The Morgan fingerprint density at radius 1 is 1.13 bits per heavy atom. The van der Waals surface area contributed by atoms with E-state index in [2.05, 4.69) is 33.4 Å². The first-order chi connectivity index (χ1) is 14.9. The van der Waals surface area contributed by atoms with Gasteiger partial charge in [0, 0.05) is 41.5 Å². The average Bonchev–Trinajstić information content (AvgIpc) is 3.25. The van der Waals surface area contributed by atoms with E-state index in [0.29, 0.717) is 11.3 Å². The van der Waals surface area contributed by atoms with Crippen molar-refractivity contribution in [2.75, 3.05) is 42.8 Å². The minimum Gasteiger partial charge on any atom is -0.378 e. The predicted octanol–water partition coefficient (Wildman–Crippen LogP) is 3.40. The maximum Gasteiger partial charge on any atom is 0.175 e. The first kappa shape index (κ1) is 19.8. The lowest BCUT2D eigenvalue weighted by atomic mass is 10.1. The highest BCUT2D eigenvalue weighted by Gasteiger charge is 2.17. The lowest BCUT2D eigenvalue weighted by molar-refractivity contribution is 0.122. The number of rotatable bonds is 4. The van der Waals surface area contributed by atoms with E-state index >= 15 is 0 Å². The Labute approximate surface area is 180 Å². The number of morpholine rings is 1. The molecule has 1 aliphatic heterocycles. The number of aromatic amines is 1. The molecule has 2 aromatic carbocycles. The summed E-state index contributed by atoms with van der Waals surface area (Å²) in [5.41, 5.74) is 4.69. The first-order valence-electron chi connectivity index (χ1n) is 10.1. The molecule has 4 aromatic rings. The molecule has 0 bridgehead atoms. The highest BCUT2D eigenvalue weighted by molar-refractivity contribution is 7.90. The van der Waals surface area contributed by atoms with Crippen LogP contribution < -0.4 is 10.2 Å². The second kappa shape index (κ2) is 7.51. The van der Waals surface area contributed by atoms with Crippen LogP contribution in [0.2, 0.25) is 0 Å². The van der Waals surface area contributed by atoms with Gasteiger partial charge in [-0.1, -0.05) is 6.07 Å². The van der Waals surface area contributed by atoms with Crippen LogP contribution in [0.15, 0.2) is 47.5 Å². The van der Waals surface area contributed by atoms with Crippen LogP contribution in [-0.2, 0) is 14.6 Å².